The van der Waals surface area contributed by atoms with E-state index in [0.29, 0.717) is 48.0 Å². The smallest absolute Gasteiger partial charge is 0.139 e. The summed E-state index contributed by atoms with van der Waals surface area (Å²) in [4.78, 5) is 18.1. The molecule has 4 aliphatic carbocycles. The maximum atomic E-state index is 12.7. The van der Waals surface area contributed by atoms with Gasteiger partial charge in [0.2, 0.25) is 0 Å². The van der Waals surface area contributed by atoms with Crippen LogP contribution in [0.1, 0.15) is 65.2 Å². The summed E-state index contributed by atoms with van der Waals surface area (Å²) in [6, 6.07) is 0. The van der Waals surface area contributed by atoms with Crippen LogP contribution in [0.2, 0.25) is 0 Å². The Bertz CT molecular complexity index is 642. The maximum Gasteiger partial charge on any atom is 0.139 e. The number of nitrogens with zero attached hydrogens (tertiary/aromatic N) is 1. The Kier molecular flexibility index (Phi) is 7.02. The Morgan fingerprint density at radius 3 is 2.66 bits per heavy atom. The zero-order chi connectivity index (χ0) is 19.9. The number of halogens is 1. The number of oxime groups is 1. The molecule has 0 aromatic carbocycles. The highest BCUT2D eigenvalue weighted by Crippen LogP contribution is 2.66. The van der Waals surface area contributed by atoms with E-state index in [1.807, 2.05) is 7.11 Å². The van der Waals surface area contributed by atoms with Crippen LogP contribution in [0.5, 0.6) is 0 Å². The predicted octanol–water partition coefficient (Wildman–Crippen LogP) is 4.22. The average Bonchev–Trinajstić information content (AvgIpc) is 2.98. The summed E-state index contributed by atoms with van der Waals surface area (Å²) in [6.45, 7) is 6.62. The predicted molar refractivity (Wildman–Crippen MR) is 117 cm³/mol. The lowest BCUT2D eigenvalue weighted by Gasteiger charge is -2.61. The first kappa shape index (κ1) is 23.0. The third kappa shape index (κ3) is 3.76. The molecule has 0 heterocycles. The number of hydrogen-bond donors (Lipinski definition) is 1. The van der Waals surface area contributed by atoms with Crippen molar-refractivity contribution < 1.29 is 14.4 Å². The molecule has 0 amide bonds. The maximum absolute atomic E-state index is 12.7. The van der Waals surface area contributed by atoms with Crippen molar-refractivity contribution in [1.82, 2.24) is 0 Å². The molecule has 0 spiro atoms. The molecule has 29 heavy (non-hydrogen) atoms. The van der Waals surface area contributed by atoms with Crippen molar-refractivity contribution in [2.45, 2.75) is 65.2 Å². The fourth-order valence-electron chi connectivity index (χ4n) is 7.74. The third-order valence-corrected chi connectivity index (χ3v) is 9.18. The van der Waals surface area contributed by atoms with Crippen LogP contribution in [0.4, 0.5) is 0 Å². The van der Waals surface area contributed by atoms with Crippen LogP contribution in [0, 0.1) is 40.4 Å². The van der Waals surface area contributed by atoms with Gasteiger partial charge < -0.3 is 15.3 Å². The number of ether oxygens (including phenoxy) is 1. The molecule has 0 aromatic heterocycles. The van der Waals surface area contributed by atoms with Crippen LogP contribution in [-0.2, 0) is 14.4 Å². The summed E-state index contributed by atoms with van der Waals surface area (Å²) < 4.78 is 5.69. The molecule has 0 bridgehead atoms. The molecule has 0 radical (unpaired) electrons. The van der Waals surface area contributed by atoms with E-state index in [-0.39, 0.29) is 17.8 Å². The quantitative estimate of drug-likeness (QED) is 0.527. The summed E-state index contributed by atoms with van der Waals surface area (Å²) in [5.74, 6) is 3.68. The highest BCUT2D eigenvalue weighted by molar-refractivity contribution is 5.87. The van der Waals surface area contributed by atoms with Crippen molar-refractivity contribution >= 4 is 23.9 Å². The van der Waals surface area contributed by atoms with Gasteiger partial charge in [0.05, 0.1) is 5.71 Å². The number of hydrogen-bond acceptors (Lipinski definition) is 5. The average molecular weight is 427 g/mol. The van der Waals surface area contributed by atoms with Crippen LogP contribution >= 0.6 is 12.4 Å². The van der Waals surface area contributed by atoms with E-state index >= 15 is 0 Å². The van der Waals surface area contributed by atoms with Gasteiger partial charge >= 0.3 is 0 Å². The number of methoxy groups -OCH3 is 1. The number of carbonyl (C=O) groups is 1. The lowest BCUT2D eigenvalue weighted by Crippen LogP contribution is -2.57. The number of rotatable bonds is 5. The molecule has 166 valence electrons. The molecule has 4 saturated carbocycles. The van der Waals surface area contributed by atoms with E-state index in [1.165, 1.54) is 25.0 Å². The summed E-state index contributed by atoms with van der Waals surface area (Å²) in [5.41, 5.74) is 7.00. The first-order valence-corrected chi connectivity index (χ1v) is 11.3. The van der Waals surface area contributed by atoms with Gasteiger partial charge in [0.15, 0.2) is 0 Å². The van der Waals surface area contributed by atoms with Gasteiger partial charge in [-0.25, -0.2) is 0 Å². The molecule has 6 heteroatoms. The van der Waals surface area contributed by atoms with Gasteiger partial charge in [-0.1, -0.05) is 19.0 Å². The SMILES string of the molecule is COC[C@@H]1C[C@@H]2[C@H](CC[C@]3(C)C(=O)CC[C@@H]23)[C@@]2(C)CC/C(=N\OCCN)C[C@H]12.Cl. The number of fused-ring (bicyclic) bond motifs is 5. The fraction of sp³-hybridized carbons (Fsp3) is 0.913. The Morgan fingerprint density at radius 1 is 1.14 bits per heavy atom. The Morgan fingerprint density at radius 2 is 1.93 bits per heavy atom. The third-order valence-electron chi connectivity index (χ3n) is 9.18. The molecular weight excluding hydrogens is 388 g/mol. The lowest BCUT2D eigenvalue weighted by atomic mass is 9.43. The van der Waals surface area contributed by atoms with E-state index < -0.39 is 0 Å². The topological polar surface area (TPSA) is 73.9 Å². The summed E-state index contributed by atoms with van der Waals surface area (Å²) in [7, 11) is 1.83. The Hall–Kier alpha value is -0.650. The summed E-state index contributed by atoms with van der Waals surface area (Å²) in [5, 5.41) is 4.42. The van der Waals surface area contributed by atoms with Crippen molar-refractivity contribution in [1.29, 1.82) is 0 Å². The summed E-state index contributed by atoms with van der Waals surface area (Å²) in [6.07, 6.45) is 8.66. The van der Waals surface area contributed by atoms with E-state index in [4.69, 9.17) is 15.3 Å². The number of nitrogens with two attached hydrogens (primary N) is 1. The van der Waals surface area contributed by atoms with Gasteiger partial charge in [-0.2, -0.15) is 0 Å². The monoisotopic (exact) mass is 426 g/mol. The standard InChI is InChI=1S/C23H38N2O3.ClH/c1-22-8-6-16(25-28-11-10-24)13-20(22)15(14-27-3)12-17-18-4-5-21(26)23(18,2)9-7-19(17)22;/h15,17-20H,4-14,24H2,1-3H3;1H/b25-16+;/t15-,17-,18-,19-,20+,22+,23-;/m0./s1. The molecule has 4 aliphatic rings. The number of ketones is 1. The van der Waals surface area contributed by atoms with Gasteiger partial charge in [-0.3, -0.25) is 4.79 Å². The van der Waals surface area contributed by atoms with Crippen molar-refractivity contribution in [3.8, 4) is 0 Å². The molecule has 0 saturated heterocycles. The molecule has 7 atom stereocenters. The largest absolute Gasteiger partial charge is 0.395 e. The van der Waals surface area contributed by atoms with E-state index in [2.05, 4.69) is 19.0 Å². The molecule has 0 unspecified atom stereocenters. The van der Waals surface area contributed by atoms with Crippen molar-refractivity contribution in [3.63, 3.8) is 0 Å². The minimum Gasteiger partial charge on any atom is -0.395 e. The molecule has 2 N–H and O–H groups in total. The zero-order valence-electron chi connectivity index (χ0n) is 18.3. The first-order valence-electron chi connectivity index (χ1n) is 11.3. The Labute approximate surface area is 181 Å². The Balaban J connectivity index is 0.00000240. The second kappa shape index (κ2) is 8.84. The van der Waals surface area contributed by atoms with E-state index in [9.17, 15) is 4.79 Å². The fourth-order valence-corrected chi connectivity index (χ4v) is 7.74. The highest BCUT2D eigenvalue weighted by Gasteiger charge is 2.61. The number of carbonyl (C=O) groups excluding carboxylic acids is 1. The second-order valence-corrected chi connectivity index (χ2v) is 10.3. The van der Waals surface area contributed by atoms with Gasteiger partial charge in [0.25, 0.3) is 0 Å². The molecule has 0 aliphatic heterocycles. The van der Waals surface area contributed by atoms with Crippen LogP contribution in [0.15, 0.2) is 5.16 Å². The summed E-state index contributed by atoms with van der Waals surface area (Å²) >= 11 is 0. The molecule has 4 fully saturated rings. The number of Topliss-reactive ketones (excluding diaryl/α,β-unsaturated/α-hetero) is 1. The molecule has 0 aromatic rings. The normalized spacial score (nSPS) is 45.2. The highest BCUT2D eigenvalue weighted by atomic mass is 35.5. The minimum atomic E-state index is -0.0562. The second-order valence-electron chi connectivity index (χ2n) is 10.3. The van der Waals surface area contributed by atoms with Crippen molar-refractivity contribution in [3.05, 3.63) is 0 Å². The molecular formula is C23H39ClN2O3. The van der Waals surface area contributed by atoms with Crippen molar-refractivity contribution in [2.75, 3.05) is 26.9 Å². The minimum absolute atomic E-state index is 0. The molecule has 5 nitrogen and oxygen atoms in total. The van der Waals surface area contributed by atoms with Gasteiger partial charge in [-0.15, -0.1) is 12.4 Å². The van der Waals surface area contributed by atoms with E-state index in [1.54, 1.807) is 0 Å². The van der Waals surface area contributed by atoms with Gasteiger partial charge in [0, 0.05) is 32.1 Å². The lowest BCUT2D eigenvalue weighted by molar-refractivity contribution is -0.145. The van der Waals surface area contributed by atoms with Gasteiger partial charge in [-0.05, 0) is 80.0 Å². The zero-order valence-corrected chi connectivity index (χ0v) is 19.1. The molecule has 4 rings (SSSR count). The van der Waals surface area contributed by atoms with Crippen LogP contribution in [0.25, 0.3) is 0 Å². The van der Waals surface area contributed by atoms with Crippen LogP contribution in [0.3, 0.4) is 0 Å². The van der Waals surface area contributed by atoms with Crippen LogP contribution < -0.4 is 5.73 Å². The van der Waals surface area contributed by atoms with E-state index in [0.717, 1.165) is 44.6 Å². The van der Waals surface area contributed by atoms with Gasteiger partial charge in [0.1, 0.15) is 12.4 Å². The first-order chi connectivity index (χ1) is 13.4. The van der Waals surface area contributed by atoms with Crippen molar-refractivity contribution in [2.24, 2.45) is 51.3 Å². The van der Waals surface area contributed by atoms with Crippen LogP contribution in [-0.4, -0.2) is 38.4 Å².